The lowest BCUT2D eigenvalue weighted by Gasteiger charge is -1.93. The molecule has 0 aromatic carbocycles. The summed E-state index contributed by atoms with van der Waals surface area (Å²) >= 11 is 1.52. The number of allylic oxidation sites excluding steroid dienone is 1. The van der Waals surface area contributed by atoms with Gasteiger partial charge in [0.05, 0.1) is 12.1 Å². The van der Waals surface area contributed by atoms with E-state index in [0.717, 1.165) is 15.6 Å². The Morgan fingerprint density at radius 3 is 3.00 bits per heavy atom. The van der Waals surface area contributed by atoms with E-state index in [0.29, 0.717) is 0 Å². The molecule has 0 aliphatic carbocycles. The molecular weight excluding hydrogens is 198 g/mol. The van der Waals surface area contributed by atoms with E-state index in [9.17, 15) is 4.79 Å². The molecule has 0 atom stereocenters. The Balaban J connectivity index is 2.80. The average molecular weight is 211 g/mol. The van der Waals surface area contributed by atoms with Crippen molar-refractivity contribution in [1.82, 2.24) is 10.4 Å². The number of nitrogens with two attached hydrogens (primary N) is 1. The first-order valence-corrected chi connectivity index (χ1v) is 5.07. The zero-order valence-corrected chi connectivity index (χ0v) is 9.02. The van der Waals surface area contributed by atoms with Gasteiger partial charge in [-0.25, -0.2) is 10.8 Å². The number of nitrogens with zero attached hydrogens (tertiary/aromatic N) is 1. The van der Waals surface area contributed by atoms with Crippen molar-refractivity contribution in [1.29, 1.82) is 0 Å². The summed E-state index contributed by atoms with van der Waals surface area (Å²) in [6.07, 6.45) is 4.10. The molecule has 5 heteroatoms. The molecule has 1 aromatic rings. The first kappa shape index (κ1) is 10.9. The second-order valence-electron chi connectivity index (χ2n) is 2.79. The number of carbonyl (C=O) groups is 1. The molecule has 1 aromatic heterocycles. The average Bonchev–Trinajstić information content (AvgIpc) is 2.47. The molecular formula is C9H13N3OS. The number of amides is 1. The quantitative estimate of drug-likeness (QED) is 0.445. The fraction of sp³-hybridized carbons (Fsp3) is 0.333. The zero-order chi connectivity index (χ0) is 10.6. The van der Waals surface area contributed by atoms with Crippen LogP contribution in [0.1, 0.15) is 22.5 Å². The molecule has 0 fully saturated rings. The van der Waals surface area contributed by atoms with Crippen molar-refractivity contribution in [2.24, 2.45) is 5.84 Å². The molecule has 1 rings (SSSR count). The maximum atomic E-state index is 11.0. The predicted octanol–water partition coefficient (Wildman–Crippen LogP) is 1.02. The van der Waals surface area contributed by atoms with Gasteiger partial charge in [0, 0.05) is 4.88 Å². The molecule has 0 spiro atoms. The maximum absolute atomic E-state index is 11.0. The molecule has 0 saturated carbocycles. The van der Waals surface area contributed by atoms with E-state index in [1.807, 2.05) is 26.0 Å². The van der Waals surface area contributed by atoms with Gasteiger partial charge < -0.3 is 0 Å². The van der Waals surface area contributed by atoms with Crippen LogP contribution in [0.25, 0.3) is 6.08 Å². The van der Waals surface area contributed by atoms with Crippen LogP contribution in [-0.2, 0) is 11.2 Å². The Bertz CT molecular complexity index is 357. The van der Waals surface area contributed by atoms with Crippen molar-refractivity contribution in [2.45, 2.75) is 20.3 Å². The second kappa shape index (κ2) is 4.88. The SMILES string of the molecule is C/C=C\c1nc(CC(=O)NN)sc1C. The van der Waals surface area contributed by atoms with Crippen molar-refractivity contribution in [3.8, 4) is 0 Å². The Morgan fingerprint density at radius 1 is 1.71 bits per heavy atom. The van der Waals surface area contributed by atoms with Crippen LogP contribution in [0, 0.1) is 6.92 Å². The summed E-state index contributed by atoms with van der Waals surface area (Å²) in [5, 5.41) is 0.790. The number of nitrogens with one attached hydrogen (secondary N) is 1. The van der Waals surface area contributed by atoms with Crippen molar-refractivity contribution < 1.29 is 4.79 Å². The highest BCUT2D eigenvalue weighted by atomic mass is 32.1. The van der Waals surface area contributed by atoms with E-state index in [1.165, 1.54) is 11.3 Å². The van der Waals surface area contributed by atoms with E-state index in [4.69, 9.17) is 5.84 Å². The highest BCUT2D eigenvalue weighted by Gasteiger charge is 2.08. The van der Waals surface area contributed by atoms with Gasteiger partial charge in [-0.15, -0.1) is 11.3 Å². The van der Waals surface area contributed by atoms with Crippen molar-refractivity contribution in [3.05, 3.63) is 21.7 Å². The summed E-state index contributed by atoms with van der Waals surface area (Å²) in [6.45, 7) is 3.92. The van der Waals surface area contributed by atoms with Crippen LogP contribution >= 0.6 is 11.3 Å². The van der Waals surface area contributed by atoms with Gasteiger partial charge in [-0.3, -0.25) is 10.2 Å². The number of carbonyl (C=O) groups excluding carboxylic acids is 1. The number of thiazole rings is 1. The van der Waals surface area contributed by atoms with E-state index < -0.39 is 0 Å². The monoisotopic (exact) mass is 211 g/mol. The minimum absolute atomic E-state index is 0.217. The van der Waals surface area contributed by atoms with Gasteiger partial charge in [-0.1, -0.05) is 6.08 Å². The minimum atomic E-state index is -0.217. The molecule has 76 valence electrons. The zero-order valence-electron chi connectivity index (χ0n) is 8.20. The first-order valence-electron chi connectivity index (χ1n) is 4.25. The van der Waals surface area contributed by atoms with Gasteiger partial charge in [-0.05, 0) is 19.9 Å². The van der Waals surface area contributed by atoms with Gasteiger partial charge in [-0.2, -0.15) is 0 Å². The molecule has 0 aliphatic heterocycles. The molecule has 0 aliphatic rings. The number of hydrogen-bond acceptors (Lipinski definition) is 4. The molecule has 1 heterocycles. The summed E-state index contributed by atoms with van der Waals surface area (Å²) in [4.78, 5) is 16.4. The van der Waals surface area contributed by atoms with Crippen molar-refractivity contribution in [3.63, 3.8) is 0 Å². The highest BCUT2D eigenvalue weighted by Crippen LogP contribution is 2.18. The van der Waals surface area contributed by atoms with Gasteiger partial charge in [0.25, 0.3) is 0 Å². The highest BCUT2D eigenvalue weighted by molar-refractivity contribution is 7.11. The van der Waals surface area contributed by atoms with E-state index in [1.54, 1.807) is 0 Å². The van der Waals surface area contributed by atoms with E-state index in [-0.39, 0.29) is 12.3 Å². The summed E-state index contributed by atoms with van der Waals surface area (Å²) in [5.74, 6) is 4.77. The van der Waals surface area contributed by atoms with Crippen LogP contribution in [0.3, 0.4) is 0 Å². The third-order valence-corrected chi connectivity index (χ3v) is 2.66. The van der Waals surface area contributed by atoms with Crippen LogP contribution < -0.4 is 11.3 Å². The normalized spacial score (nSPS) is 10.8. The molecule has 4 nitrogen and oxygen atoms in total. The lowest BCUT2D eigenvalue weighted by atomic mass is 10.3. The summed E-state index contributed by atoms with van der Waals surface area (Å²) in [6, 6.07) is 0. The van der Waals surface area contributed by atoms with E-state index in [2.05, 4.69) is 10.4 Å². The Morgan fingerprint density at radius 2 is 2.43 bits per heavy atom. The Kier molecular flexibility index (Phi) is 3.79. The standard InChI is InChI=1S/C9H13N3OS/c1-3-4-7-6(2)14-9(11-7)5-8(13)12-10/h3-4H,5,10H2,1-2H3,(H,12,13)/b4-3-. The minimum Gasteiger partial charge on any atom is -0.294 e. The summed E-state index contributed by atoms with van der Waals surface area (Å²) < 4.78 is 0. The van der Waals surface area contributed by atoms with Gasteiger partial charge in [0.2, 0.25) is 5.91 Å². The number of rotatable bonds is 3. The number of hydrazine groups is 1. The van der Waals surface area contributed by atoms with Gasteiger partial charge in [0.1, 0.15) is 5.01 Å². The van der Waals surface area contributed by atoms with E-state index >= 15 is 0 Å². The van der Waals surface area contributed by atoms with Crippen LogP contribution in [0.5, 0.6) is 0 Å². The van der Waals surface area contributed by atoms with Gasteiger partial charge >= 0.3 is 0 Å². The molecule has 0 unspecified atom stereocenters. The van der Waals surface area contributed by atoms with Crippen LogP contribution in [0.2, 0.25) is 0 Å². The largest absolute Gasteiger partial charge is 0.294 e. The van der Waals surface area contributed by atoms with Crippen LogP contribution in [-0.4, -0.2) is 10.9 Å². The van der Waals surface area contributed by atoms with Crippen molar-refractivity contribution in [2.75, 3.05) is 0 Å². The first-order chi connectivity index (χ1) is 6.67. The number of hydrogen-bond donors (Lipinski definition) is 2. The smallest absolute Gasteiger partial charge is 0.240 e. The Labute approximate surface area is 86.8 Å². The van der Waals surface area contributed by atoms with Crippen LogP contribution in [0.15, 0.2) is 6.08 Å². The fourth-order valence-electron chi connectivity index (χ4n) is 1.04. The third kappa shape index (κ3) is 2.65. The lowest BCUT2D eigenvalue weighted by Crippen LogP contribution is -2.31. The Hall–Kier alpha value is -1.20. The van der Waals surface area contributed by atoms with Crippen LogP contribution in [0.4, 0.5) is 0 Å². The molecule has 0 bridgehead atoms. The van der Waals surface area contributed by atoms with Crippen molar-refractivity contribution >= 4 is 23.3 Å². The fourth-order valence-corrected chi connectivity index (χ4v) is 1.96. The molecule has 0 radical (unpaired) electrons. The number of aryl methyl sites for hydroxylation is 1. The summed E-state index contributed by atoms with van der Waals surface area (Å²) in [7, 11) is 0. The molecule has 1 amide bonds. The van der Waals surface area contributed by atoms with Gasteiger partial charge in [0.15, 0.2) is 0 Å². The topological polar surface area (TPSA) is 68.0 Å². The maximum Gasteiger partial charge on any atom is 0.240 e. The molecule has 0 saturated heterocycles. The summed E-state index contributed by atoms with van der Waals surface area (Å²) in [5.41, 5.74) is 3.01. The molecule has 3 N–H and O–H groups in total. The third-order valence-electron chi connectivity index (χ3n) is 1.67. The number of aromatic nitrogens is 1. The molecule has 14 heavy (non-hydrogen) atoms. The lowest BCUT2D eigenvalue weighted by molar-refractivity contribution is -0.120. The predicted molar refractivity (Wildman–Crippen MR) is 57.6 cm³/mol. The second-order valence-corrected chi connectivity index (χ2v) is 4.08.